The molecule has 124 valence electrons. The van der Waals surface area contributed by atoms with Crippen molar-refractivity contribution in [1.82, 2.24) is 14.8 Å². The second kappa shape index (κ2) is 9.05. The van der Waals surface area contributed by atoms with Crippen LogP contribution in [-0.4, -0.2) is 27.2 Å². The van der Waals surface area contributed by atoms with Gasteiger partial charge in [0.15, 0.2) is 5.82 Å². The number of amides is 1. The molecule has 0 spiro atoms. The highest BCUT2D eigenvalue weighted by Crippen LogP contribution is 2.21. The first kappa shape index (κ1) is 17.1. The summed E-state index contributed by atoms with van der Waals surface area (Å²) in [5, 5.41) is 11.0. The van der Waals surface area contributed by atoms with Crippen LogP contribution in [0.25, 0.3) is 11.4 Å². The molecule has 1 aromatic heterocycles. The molecule has 0 radical (unpaired) electrons. The highest BCUT2D eigenvalue weighted by Gasteiger charge is 2.08. The number of anilines is 1. The lowest BCUT2D eigenvalue weighted by Gasteiger charge is -2.08. The van der Waals surface area contributed by atoms with Gasteiger partial charge in [0.25, 0.3) is 0 Å². The van der Waals surface area contributed by atoms with Crippen LogP contribution in [0.15, 0.2) is 30.6 Å². The lowest BCUT2D eigenvalue weighted by atomic mass is 10.1. The highest BCUT2D eigenvalue weighted by molar-refractivity contribution is 5.91. The number of hydrogen-bond acceptors (Lipinski definition) is 4. The highest BCUT2D eigenvalue weighted by atomic mass is 16.1. The minimum atomic E-state index is 0.0480. The van der Waals surface area contributed by atoms with Crippen LogP contribution >= 0.6 is 0 Å². The Hall–Kier alpha value is -2.21. The van der Waals surface area contributed by atoms with Crippen molar-refractivity contribution in [3.8, 4) is 11.4 Å². The van der Waals surface area contributed by atoms with Crippen molar-refractivity contribution in [2.75, 3.05) is 11.9 Å². The molecule has 6 nitrogen and oxygen atoms in total. The van der Waals surface area contributed by atoms with Gasteiger partial charge in [0.1, 0.15) is 6.33 Å². The van der Waals surface area contributed by atoms with Gasteiger partial charge < -0.3 is 15.6 Å². The maximum atomic E-state index is 12.0. The number of hydrogen-bond donors (Lipinski definition) is 2. The van der Waals surface area contributed by atoms with Crippen LogP contribution in [0.5, 0.6) is 0 Å². The summed E-state index contributed by atoms with van der Waals surface area (Å²) in [4.78, 5) is 12.0. The van der Waals surface area contributed by atoms with E-state index >= 15 is 0 Å². The molecule has 6 heteroatoms. The number of rotatable bonds is 9. The summed E-state index contributed by atoms with van der Waals surface area (Å²) in [6, 6.07) is 7.71. The van der Waals surface area contributed by atoms with Gasteiger partial charge in [-0.1, -0.05) is 25.0 Å². The number of aromatic nitrogens is 3. The van der Waals surface area contributed by atoms with E-state index in [2.05, 4.69) is 15.5 Å². The van der Waals surface area contributed by atoms with Crippen LogP contribution in [0.1, 0.15) is 39.0 Å². The Kier molecular flexibility index (Phi) is 6.75. The van der Waals surface area contributed by atoms with Gasteiger partial charge in [-0.2, -0.15) is 0 Å². The third-order valence-corrected chi connectivity index (χ3v) is 3.72. The van der Waals surface area contributed by atoms with Crippen molar-refractivity contribution in [3.63, 3.8) is 0 Å². The van der Waals surface area contributed by atoms with Crippen molar-refractivity contribution < 1.29 is 4.79 Å². The van der Waals surface area contributed by atoms with Crippen LogP contribution in [0, 0.1) is 0 Å². The average Bonchev–Trinajstić information content (AvgIpc) is 3.03. The maximum absolute atomic E-state index is 12.0. The van der Waals surface area contributed by atoms with Gasteiger partial charge in [0.05, 0.1) is 0 Å². The normalized spacial score (nSPS) is 10.7. The Labute approximate surface area is 137 Å². The number of benzene rings is 1. The fourth-order valence-corrected chi connectivity index (χ4v) is 2.45. The lowest BCUT2D eigenvalue weighted by molar-refractivity contribution is -0.116. The first-order valence-corrected chi connectivity index (χ1v) is 8.22. The Morgan fingerprint density at radius 1 is 1.26 bits per heavy atom. The van der Waals surface area contributed by atoms with Crippen LogP contribution in [-0.2, 0) is 11.3 Å². The summed E-state index contributed by atoms with van der Waals surface area (Å²) >= 11 is 0. The molecule has 23 heavy (non-hydrogen) atoms. The van der Waals surface area contributed by atoms with Gasteiger partial charge in [0, 0.05) is 24.2 Å². The maximum Gasteiger partial charge on any atom is 0.224 e. The van der Waals surface area contributed by atoms with E-state index in [4.69, 9.17) is 5.73 Å². The monoisotopic (exact) mass is 315 g/mol. The van der Waals surface area contributed by atoms with Crippen molar-refractivity contribution in [2.45, 2.75) is 45.6 Å². The molecule has 0 bridgehead atoms. The largest absolute Gasteiger partial charge is 0.330 e. The van der Waals surface area contributed by atoms with Gasteiger partial charge >= 0.3 is 0 Å². The minimum Gasteiger partial charge on any atom is -0.330 e. The molecule has 0 unspecified atom stereocenters. The predicted molar refractivity (Wildman–Crippen MR) is 91.9 cm³/mol. The van der Waals surface area contributed by atoms with Gasteiger partial charge in [-0.3, -0.25) is 4.79 Å². The molecule has 0 aliphatic rings. The molecular formula is C17H25N5O. The zero-order valence-electron chi connectivity index (χ0n) is 13.7. The predicted octanol–water partition coefficient (Wildman–Crippen LogP) is 2.81. The number of carbonyl (C=O) groups is 1. The zero-order valence-corrected chi connectivity index (χ0v) is 13.7. The summed E-state index contributed by atoms with van der Waals surface area (Å²) in [6.45, 7) is 3.58. The Bertz CT molecular complexity index is 623. The van der Waals surface area contributed by atoms with E-state index in [9.17, 15) is 4.79 Å². The smallest absolute Gasteiger partial charge is 0.224 e. The fraction of sp³-hybridized carbons (Fsp3) is 0.471. The Balaban J connectivity index is 1.91. The summed E-state index contributed by atoms with van der Waals surface area (Å²) in [6.07, 6.45) is 6.32. The fourth-order valence-electron chi connectivity index (χ4n) is 2.45. The second-order valence-electron chi connectivity index (χ2n) is 5.52. The summed E-state index contributed by atoms with van der Waals surface area (Å²) in [5.41, 5.74) is 7.20. The lowest BCUT2D eigenvalue weighted by Crippen LogP contribution is -2.11. The van der Waals surface area contributed by atoms with E-state index in [-0.39, 0.29) is 5.91 Å². The molecule has 0 fully saturated rings. The van der Waals surface area contributed by atoms with Crippen molar-refractivity contribution in [3.05, 3.63) is 30.6 Å². The molecule has 2 aromatic rings. The molecule has 0 saturated heterocycles. The number of nitrogens with two attached hydrogens (primary N) is 1. The topological polar surface area (TPSA) is 85.8 Å². The molecule has 0 aliphatic carbocycles. The molecule has 1 amide bonds. The van der Waals surface area contributed by atoms with E-state index in [1.807, 2.05) is 35.8 Å². The molecule has 0 atom stereocenters. The third-order valence-electron chi connectivity index (χ3n) is 3.72. The quantitative estimate of drug-likeness (QED) is 0.697. The standard InChI is InChI=1S/C17H25N5O/c1-2-22-13-19-21-17(22)14-8-7-9-15(12-14)20-16(23)10-5-3-4-6-11-18/h7-9,12-13H,2-6,10-11,18H2,1H3,(H,20,23). The van der Waals surface area contributed by atoms with E-state index < -0.39 is 0 Å². The Morgan fingerprint density at radius 3 is 2.87 bits per heavy atom. The van der Waals surface area contributed by atoms with E-state index in [0.29, 0.717) is 6.42 Å². The summed E-state index contributed by atoms with van der Waals surface area (Å²) < 4.78 is 1.97. The van der Waals surface area contributed by atoms with Gasteiger partial charge in [-0.05, 0) is 38.4 Å². The van der Waals surface area contributed by atoms with E-state index in [1.165, 1.54) is 0 Å². The molecule has 2 rings (SSSR count). The van der Waals surface area contributed by atoms with Gasteiger partial charge in [-0.25, -0.2) is 0 Å². The number of carbonyl (C=O) groups excluding carboxylic acids is 1. The third kappa shape index (κ3) is 5.17. The van der Waals surface area contributed by atoms with Crippen molar-refractivity contribution in [1.29, 1.82) is 0 Å². The molecule has 0 aliphatic heterocycles. The average molecular weight is 315 g/mol. The van der Waals surface area contributed by atoms with Crippen LogP contribution < -0.4 is 11.1 Å². The first-order chi connectivity index (χ1) is 11.2. The zero-order chi connectivity index (χ0) is 16.5. The van der Waals surface area contributed by atoms with Crippen LogP contribution in [0.3, 0.4) is 0 Å². The van der Waals surface area contributed by atoms with E-state index in [1.54, 1.807) is 6.33 Å². The van der Waals surface area contributed by atoms with Gasteiger partial charge in [-0.15, -0.1) is 10.2 Å². The van der Waals surface area contributed by atoms with Crippen molar-refractivity contribution in [2.24, 2.45) is 5.73 Å². The Morgan fingerprint density at radius 2 is 2.09 bits per heavy atom. The second-order valence-corrected chi connectivity index (χ2v) is 5.52. The first-order valence-electron chi connectivity index (χ1n) is 8.22. The summed E-state index contributed by atoms with van der Waals surface area (Å²) in [7, 11) is 0. The number of nitrogens with zero attached hydrogens (tertiary/aromatic N) is 3. The van der Waals surface area contributed by atoms with Crippen LogP contribution in [0.2, 0.25) is 0 Å². The van der Waals surface area contributed by atoms with Gasteiger partial charge in [0.2, 0.25) is 5.91 Å². The number of unbranched alkanes of at least 4 members (excludes halogenated alkanes) is 3. The van der Waals surface area contributed by atoms with Crippen LogP contribution in [0.4, 0.5) is 5.69 Å². The van der Waals surface area contributed by atoms with Crippen molar-refractivity contribution >= 4 is 11.6 Å². The molecule has 3 N–H and O–H groups in total. The minimum absolute atomic E-state index is 0.0480. The summed E-state index contributed by atoms with van der Waals surface area (Å²) in [5.74, 6) is 0.859. The number of nitrogens with one attached hydrogen (secondary N) is 1. The molecule has 0 saturated carbocycles. The molecular weight excluding hydrogens is 290 g/mol. The number of aryl methyl sites for hydroxylation is 1. The molecule has 1 aromatic carbocycles. The SMILES string of the molecule is CCn1cnnc1-c1cccc(NC(=O)CCCCCCN)c1. The molecule has 1 heterocycles. The van der Waals surface area contributed by atoms with E-state index in [0.717, 1.165) is 55.8 Å².